The molecule has 1 heterocycles. The summed E-state index contributed by atoms with van der Waals surface area (Å²) in [5, 5.41) is 10.0. The van der Waals surface area contributed by atoms with Crippen LogP contribution in [0.15, 0.2) is 30.5 Å². The van der Waals surface area contributed by atoms with E-state index in [1.165, 1.54) is 10.9 Å². The Morgan fingerprint density at radius 2 is 2.10 bits per heavy atom. The largest absolute Gasteiger partial charge is 0.497 e. The van der Waals surface area contributed by atoms with Crippen LogP contribution in [-0.2, 0) is 23.2 Å². The lowest BCUT2D eigenvalue weighted by Gasteiger charge is -2.06. The summed E-state index contributed by atoms with van der Waals surface area (Å²) in [5.41, 5.74) is 0.973. The highest BCUT2D eigenvalue weighted by atomic mass is 16.5. The molecule has 0 aliphatic carbocycles. The average molecular weight is 276 g/mol. The quantitative estimate of drug-likeness (QED) is 0.851. The highest BCUT2D eigenvalue weighted by Crippen LogP contribution is 2.11. The molecule has 0 saturated carbocycles. The van der Waals surface area contributed by atoms with Crippen molar-refractivity contribution in [2.75, 3.05) is 19.0 Å². The molecule has 1 aromatic heterocycles. The first-order chi connectivity index (χ1) is 9.69. The molecule has 0 unspecified atom stereocenters. The zero-order chi connectivity index (χ0) is 14.4. The number of benzene rings is 1. The lowest BCUT2D eigenvalue weighted by atomic mass is 10.2. The van der Waals surface area contributed by atoms with Gasteiger partial charge in [0.25, 0.3) is 5.91 Å². The van der Waals surface area contributed by atoms with Gasteiger partial charge in [0.2, 0.25) is 0 Å². The number of nitrogens with one attached hydrogen (secondary N) is 1. The Labute approximate surface area is 116 Å². The molecule has 106 valence electrons. The van der Waals surface area contributed by atoms with E-state index in [0.717, 1.165) is 11.3 Å². The summed E-state index contributed by atoms with van der Waals surface area (Å²) >= 11 is 0. The highest BCUT2D eigenvalue weighted by molar-refractivity contribution is 5.90. The van der Waals surface area contributed by atoms with Gasteiger partial charge >= 0.3 is 0 Å². The second kappa shape index (κ2) is 6.67. The van der Waals surface area contributed by atoms with E-state index in [-0.39, 0.29) is 12.5 Å². The third kappa shape index (κ3) is 3.79. The number of anilines is 1. The topological polar surface area (TPSA) is 78.3 Å². The van der Waals surface area contributed by atoms with E-state index in [9.17, 15) is 4.79 Å². The number of hydrogen-bond acceptors (Lipinski definition) is 5. The van der Waals surface area contributed by atoms with Crippen LogP contribution in [0.4, 0.5) is 5.82 Å². The maximum atomic E-state index is 11.6. The molecule has 0 saturated heterocycles. The molecule has 7 nitrogen and oxygen atoms in total. The Balaban J connectivity index is 1.75. The number of hydrogen-bond donors (Lipinski definition) is 1. The van der Waals surface area contributed by atoms with E-state index < -0.39 is 0 Å². The molecule has 2 aromatic rings. The number of rotatable bonds is 6. The van der Waals surface area contributed by atoms with Gasteiger partial charge in [0.15, 0.2) is 5.82 Å². The first kappa shape index (κ1) is 14.0. The average Bonchev–Trinajstić information content (AvgIpc) is 2.85. The van der Waals surface area contributed by atoms with Gasteiger partial charge in [-0.2, -0.15) is 0 Å². The van der Waals surface area contributed by atoms with Crippen molar-refractivity contribution in [2.45, 2.75) is 6.61 Å². The fraction of sp³-hybridized carbons (Fsp3) is 0.308. The Morgan fingerprint density at radius 3 is 2.70 bits per heavy atom. The number of ether oxygens (including phenoxy) is 2. The van der Waals surface area contributed by atoms with Crippen LogP contribution in [0.5, 0.6) is 5.75 Å². The number of aryl methyl sites for hydroxylation is 1. The van der Waals surface area contributed by atoms with E-state index in [4.69, 9.17) is 9.47 Å². The number of carbonyl (C=O) groups is 1. The summed E-state index contributed by atoms with van der Waals surface area (Å²) in [6.07, 6.45) is 1.47. The number of amides is 1. The molecule has 1 amide bonds. The zero-order valence-electron chi connectivity index (χ0n) is 11.4. The number of nitrogens with zero attached hydrogens (tertiary/aromatic N) is 3. The van der Waals surface area contributed by atoms with Crippen molar-refractivity contribution >= 4 is 11.7 Å². The maximum Gasteiger partial charge on any atom is 0.251 e. The zero-order valence-corrected chi connectivity index (χ0v) is 11.4. The molecule has 7 heteroatoms. The summed E-state index contributed by atoms with van der Waals surface area (Å²) in [4.78, 5) is 11.6. The molecular weight excluding hydrogens is 260 g/mol. The van der Waals surface area contributed by atoms with Gasteiger partial charge in [-0.05, 0) is 17.7 Å². The maximum absolute atomic E-state index is 11.6. The van der Waals surface area contributed by atoms with Gasteiger partial charge in [-0.1, -0.05) is 17.3 Å². The van der Waals surface area contributed by atoms with Crippen LogP contribution in [0.1, 0.15) is 5.56 Å². The summed E-state index contributed by atoms with van der Waals surface area (Å²) in [6, 6.07) is 7.48. The standard InChI is InChI=1S/C13H16N4O3/c1-17-12(7-14-16-17)15-13(18)9-20-8-10-3-5-11(19-2)6-4-10/h3-7H,8-9H2,1-2H3,(H,15,18). The Kier molecular flexibility index (Phi) is 4.67. The Hall–Kier alpha value is -2.41. The second-order valence-electron chi connectivity index (χ2n) is 4.13. The van der Waals surface area contributed by atoms with Gasteiger partial charge in [-0.15, -0.1) is 5.10 Å². The van der Waals surface area contributed by atoms with Crippen molar-refractivity contribution in [3.8, 4) is 5.75 Å². The fourth-order valence-electron chi connectivity index (χ4n) is 1.57. The van der Waals surface area contributed by atoms with Crippen molar-refractivity contribution in [1.29, 1.82) is 0 Å². The number of carbonyl (C=O) groups excluding carboxylic acids is 1. The lowest BCUT2D eigenvalue weighted by Crippen LogP contribution is -2.19. The number of methoxy groups -OCH3 is 1. The van der Waals surface area contributed by atoms with Crippen LogP contribution < -0.4 is 10.1 Å². The lowest BCUT2D eigenvalue weighted by molar-refractivity contribution is -0.121. The molecule has 0 aliphatic rings. The molecule has 20 heavy (non-hydrogen) atoms. The van der Waals surface area contributed by atoms with Crippen LogP contribution >= 0.6 is 0 Å². The van der Waals surface area contributed by atoms with Gasteiger partial charge in [0, 0.05) is 7.05 Å². The van der Waals surface area contributed by atoms with E-state index in [1.54, 1.807) is 14.2 Å². The van der Waals surface area contributed by atoms with Crippen LogP contribution in [0.25, 0.3) is 0 Å². The summed E-state index contributed by atoms with van der Waals surface area (Å²) in [6.45, 7) is 0.332. The third-order valence-electron chi connectivity index (χ3n) is 2.64. The Bertz CT molecular complexity index is 565. The molecule has 0 aliphatic heterocycles. The smallest absolute Gasteiger partial charge is 0.251 e. The van der Waals surface area contributed by atoms with Crippen LogP contribution in [0.2, 0.25) is 0 Å². The molecule has 2 rings (SSSR count). The van der Waals surface area contributed by atoms with E-state index in [1.807, 2.05) is 24.3 Å². The van der Waals surface area contributed by atoms with Crippen LogP contribution in [-0.4, -0.2) is 34.6 Å². The Morgan fingerprint density at radius 1 is 1.35 bits per heavy atom. The molecule has 0 spiro atoms. The SMILES string of the molecule is COc1ccc(COCC(=O)Nc2cnnn2C)cc1. The second-order valence-corrected chi connectivity index (χ2v) is 4.13. The van der Waals surface area contributed by atoms with E-state index >= 15 is 0 Å². The normalized spacial score (nSPS) is 10.3. The van der Waals surface area contributed by atoms with E-state index in [2.05, 4.69) is 15.6 Å². The highest BCUT2D eigenvalue weighted by Gasteiger charge is 2.06. The fourth-order valence-corrected chi connectivity index (χ4v) is 1.57. The predicted molar refractivity (Wildman–Crippen MR) is 72.3 cm³/mol. The number of aromatic nitrogens is 3. The molecule has 1 aromatic carbocycles. The molecule has 0 atom stereocenters. The van der Waals surface area contributed by atoms with Gasteiger partial charge < -0.3 is 14.8 Å². The van der Waals surface area contributed by atoms with Crippen molar-refractivity contribution in [3.05, 3.63) is 36.0 Å². The minimum atomic E-state index is -0.246. The molecule has 1 N–H and O–H groups in total. The predicted octanol–water partition coefficient (Wildman–Crippen LogP) is 0.979. The molecule has 0 bridgehead atoms. The van der Waals surface area contributed by atoms with Crippen molar-refractivity contribution in [1.82, 2.24) is 15.0 Å². The van der Waals surface area contributed by atoms with Gasteiger partial charge in [-0.25, -0.2) is 4.68 Å². The van der Waals surface area contributed by atoms with E-state index in [0.29, 0.717) is 12.4 Å². The van der Waals surface area contributed by atoms with Crippen molar-refractivity contribution in [3.63, 3.8) is 0 Å². The van der Waals surface area contributed by atoms with Gasteiger partial charge in [-0.3, -0.25) is 4.79 Å². The van der Waals surface area contributed by atoms with Crippen molar-refractivity contribution in [2.24, 2.45) is 7.05 Å². The minimum absolute atomic E-state index is 0.0305. The van der Waals surface area contributed by atoms with Gasteiger partial charge in [0.1, 0.15) is 12.4 Å². The summed E-state index contributed by atoms with van der Waals surface area (Å²) < 4.78 is 11.9. The monoisotopic (exact) mass is 276 g/mol. The summed E-state index contributed by atoms with van der Waals surface area (Å²) in [7, 11) is 3.31. The molecular formula is C13H16N4O3. The minimum Gasteiger partial charge on any atom is -0.497 e. The van der Waals surface area contributed by atoms with Crippen LogP contribution in [0.3, 0.4) is 0 Å². The summed E-state index contributed by atoms with van der Waals surface area (Å²) in [5.74, 6) is 1.07. The van der Waals surface area contributed by atoms with Crippen molar-refractivity contribution < 1.29 is 14.3 Å². The van der Waals surface area contributed by atoms with Gasteiger partial charge in [0.05, 0.1) is 19.9 Å². The first-order valence-electron chi connectivity index (χ1n) is 6.04. The first-order valence-corrected chi connectivity index (χ1v) is 6.04. The third-order valence-corrected chi connectivity index (χ3v) is 2.64. The molecule has 0 radical (unpaired) electrons. The van der Waals surface area contributed by atoms with Crippen LogP contribution in [0, 0.1) is 0 Å². The molecule has 0 fully saturated rings.